The number of nitrogens with zero attached hydrogens (tertiary/aromatic N) is 2. The monoisotopic (exact) mass is 608 g/mol. The van der Waals surface area contributed by atoms with Crippen LogP contribution in [0.3, 0.4) is 0 Å². The van der Waals surface area contributed by atoms with E-state index in [1.807, 2.05) is 25.1 Å². The van der Waals surface area contributed by atoms with Crippen LogP contribution in [0.4, 0.5) is 5.69 Å². The zero-order chi connectivity index (χ0) is 30.5. The Morgan fingerprint density at radius 2 is 1.98 bits per heavy atom. The Labute approximate surface area is 257 Å². The van der Waals surface area contributed by atoms with Crippen LogP contribution >= 0.6 is 11.6 Å². The van der Waals surface area contributed by atoms with Gasteiger partial charge in [-0.2, -0.15) is 0 Å². The minimum atomic E-state index is -2.41. The molecule has 2 aliphatic carbocycles. The van der Waals surface area contributed by atoms with Gasteiger partial charge >= 0.3 is 5.97 Å². The highest BCUT2D eigenvalue weighted by atomic mass is 35.5. The van der Waals surface area contributed by atoms with Crippen LogP contribution in [0.15, 0.2) is 48.6 Å². The number of amides is 1. The van der Waals surface area contributed by atoms with Gasteiger partial charge in [-0.1, -0.05) is 35.9 Å². The van der Waals surface area contributed by atoms with Crippen LogP contribution in [0.5, 0.6) is 5.75 Å². The summed E-state index contributed by atoms with van der Waals surface area (Å²) in [6.45, 7) is 3.62. The van der Waals surface area contributed by atoms with Gasteiger partial charge in [0.05, 0.1) is 24.8 Å². The van der Waals surface area contributed by atoms with Gasteiger partial charge in [-0.15, -0.1) is 0 Å². The summed E-state index contributed by atoms with van der Waals surface area (Å²) >= 11 is 6.39. The van der Waals surface area contributed by atoms with E-state index < -0.39 is 30.0 Å². The second kappa shape index (κ2) is 11.5. The number of aliphatic carboxylic acids is 1. The minimum Gasteiger partial charge on any atom is -0.490 e. The number of anilines is 1. The van der Waals surface area contributed by atoms with Crippen molar-refractivity contribution in [2.75, 3.05) is 31.6 Å². The number of hydrogen-bond donors (Lipinski definition) is 3. The first-order chi connectivity index (χ1) is 20.5. The van der Waals surface area contributed by atoms with E-state index >= 15 is 0 Å². The zero-order valence-corrected chi connectivity index (χ0v) is 25.6. The van der Waals surface area contributed by atoms with Crippen LogP contribution < -0.4 is 9.64 Å². The van der Waals surface area contributed by atoms with E-state index in [4.69, 9.17) is 16.3 Å². The van der Waals surface area contributed by atoms with E-state index in [1.54, 1.807) is 25.2 Å². The smallest absolute Gasteiger partial charge is 0.340 e. The summed E-state index contributed by atoms with van der Waals surface area (Å²) in [5.74, 6) is -1.01. The lowest BCUT2D eigenvalue weighted by atomic mass is 9.68. The number of hydrogen-bond acceptors (Lipinski definition) is 6. The van der Waals surface area contributed by atoms with E-state index in [1.165, 1.54) is 16.0 Å². The molecular formula is C34H41ClN2O6. The number of benzene rings is 2. The molecule has 2 heterocycles. The Bertz CT molecular complexity index is 1450. The molecule has 2 aromatic rings. The summed E-state index contributed by atoms with van der Waals surface area (Å²) in [5.41, 5.74) is 0.571. The van der Waals surface area contributed by atoms with Gasteiger partial charge in [0.15, 0.2) is 5.60 Å². The average Bonchev–Trinajstić information content (AvgIpc) is 3.11. The maximum Gasteiger partial charge on any atom is 0.340 e. The number of carbonyl (C=O) groups is 2. The molecule has 230 valence electrons. The molecule has 0 saturated heterocycles. The van der Waals surface area contributed by atoms with E-state index in [0.29, 0.717) is 42.6 Å². The standard InChI is InChI=1S/C34H41ClN2O6/c1-21-5-3-7-29(38)26-11-8-23(26)18-37-19-33(14-4-6-22-15-25(35)10-12-27(22)33)20-43-30-13-9-24(16-28(30)37)34(42,32(40)41)17-31(39)36(21)2/h3,7,9-10,12-13,15-16,21,23,26,29,38,42H,4-6,8,11,14,17-20H2,1-2H3,(H,40,41)/b7-3+/t21-,23-,26+,29-,33-,34-/m0/s1. The van der Waals surface area contributed by atoms with E-state index in [9.17, 15) is 24.9 Å². The Morgan fingerprint density at radius 3 is 2.72 bits per heavy atom. The summed E-state index contributed by atoms with van der Waals surface area (Å²) < 4.78 is 6.54. The second-order valence-electron chi connectivity index (χ2n) is 13.1. The van der Waals surface area contributed by atoms with Crippen molar-refractivity contribution in [2.45, 2.75) is 75.0 Å². The third-order valence-electron chi connectivity index (χ3n) is 10.5. The van der Waals surface area contributed by atoms with Crippen LogP contribution in [0.1, 0.15) is 62.1 Å². The number of fused-ring (bicyclic) bond motifs is 4. The average molecular weight is 609 g/mol. The molecule has 2 bridgehead atoms. The van der Waals surface area contributed by atoms with Gasteiger partial charge < -0.3 is 29.9 Å². The Balaban J connectivity index is 1.46. The number of halogens is 1. The van der Waals surface area contributed by atoms with Crippen molar-refractivity contribution in [2.24, 2.45) is 11.8 Å². The first-order valence-corrected chi connectivity index (χ1v) is 15.8. The number of carboxylic acids is 1. The van der Waals surface area contributed by atoms with E-state index in [0.717, 1.165) is 32.1 Å². The molecule has 2 aliphatic heterocycles. The first kappa shape index (κ1) is 30.0. The van der Waals surface area contributed by atoms with E-state index in [2.05, 4.69) is 17.0 Å². The topological polar surface area (TPSA) is 111 Å². The van der Waals surface area contributed by atoms with Crippen molar-refractivity contribution in [1.82, 2.24) is 4.90 Å². The zero-order valence-electron chi connectivity index (χ0n) is 24.8. The molecule has 1 spiro atoms. The molecule has 0 aromatic heterocycles. The molecule has 4 aliphatic rings. The Morgan fingerprint density at radius 1 is 1.16 bits per heavy atom. The highest BCUT2D eigenvalue weighted by Crippen LogP contribution is 2.47. The van der Waals surface area contributed by atoms with Gasteiger partial charge in [0.1, 0.15) is 5.75 Å². The summed E-state index contributed by atoms with van der Waals surface area (Å²) in [6, 6.07) is 10.9. The van der Waals surface area contributed by atoms with Gasteiger partial charge in [-0.25, -0.2) is 4.79 Å². The number of rotatable bonds is 1. The quantitative estimate of drug-likeness (QED) is 0.404. The third kappa shape index (κ3) is 5.42. The molecule has 9 heteroatoms. The maximum absolute atomic E-state index is 13.3. The molecule has 6 rings (SSSR count). The molecule has 3 N–H and O–H groups in total. The highest BCUT2D eigenvalue weighted by Gasteiger charge is 2.46. The Kier molecular flexibility index (Phi) is 7.98. The number of ether oxygens (including phenoxy) is 1. The first-order valence-electron chi connectivity index (χ1n) is 15.4. The number of aryl methyl sites for hydroxylation is 1. The van der Waals surface area contributed by atoms with Crippen molar-refractivity contribution >= 4 is 29.2 Å². The molecule has 0 unspecified atom stereocenters. The van der Waals surface area contributed by atoms with Gasteiger partial charge in [0.2, 0.25) is 5.91 Å². The minimum absolute atomic E-state index is 0.0963. The SMILES string of the molecule is C[C@H]1C/C=C/[C@H](O)[C@@H]2CC[C@H]2CN2C[C@@]3(CCCc4cc(Cl)ccc43)COc3ccc(cc32)[C@](O)(C(=O)O)CC(=O)N1C. The second-order valence-corrected chi connectivity index (χ2v) is 13.6. The summed E-state index contributed by atoms with van der Waals surface area (Å²) in [4.78, 5) is 29.6. The van der Waals surface area contributed by atoms with Crippen LogP contribution in [-0.4, -0.2) is 71.0 Å². The fourth-order valence-corrected chi connectivity index (χ4v) is 7.73. The molecule has 8 nitrogen and oxygen atoms in total. The highest BCUT2D eigenvalue weighted by molar-refractivity contribution is 6.30. The van der Waals surface area contributed by atoms with E-state index in [-0.39, 0.29) is 28.9 Å². The molecule has 1 saturated carbocycles. The number of carbonyl (C=O) groups excluding carboxylic acids is 1. The molecule has 1 amide bonds. The van der Waals surface area contributed by atoms with Crippen molar-refractivity contribution in [1.29, 1.82) is 0 Å². The lowest BCUT2D eigenvalue weighted by Gasteiger charge is -2.45. The normalized spacial score (nSPS) is 33.5. The molecule has 43 heavy (non-hydrogen) atoms. The fourth-order valence-electron chi connectivity index (χ4n) is 7.53. The van der Waals surface area contributed by atoms with Gasteiger partial charge in [0.25, 0.3) is 0 Å². The lowest BCUT2D eigenvalue weighted by Crippen LogP contribution is -2.49. The largest absolute Gasteiger partial charge is 0.490 e. The fraction of sp³-hybridized carbons (Fsp3) is 0.529. The molecule has 1 fully saturated rings. The van der Waals surface area contributed by atoms with Gasteiger partial charge in [-0.3, -0.25) is 4.79 Å². The number of aliphatic hydroxyl groups excluding tert-OH is 1. The molecule has 2 aromatic carbocycles. The summed E-state index contributed by atoms with van der Waals surface area (Å²) in [5, 5.41) is 33.7. The van der Waals surface area contributed by atoms with Crippen LogP contribution in [-0.2, 0) is 27.0 Å². The van der Waals surface area contributed by atoms with Gasteiger partial charge in [0, 0.05) is 36.6 Å². The van der Waals surface area contributed by atoms with Crippen LogP contribution in [0.2, 0.25) is 5.02 Å². The molecule has 6 atom stereocenters. The summed E-state index contributed by atoms with van der Waals surface area (Å²) in [6.07, 6.45) is 7.84. The predicted octanol–water partition coefficient (Wildman–Crippen LogP) is 4.67. The van der Waals surface area contributed by atoms with Crippen molar-refractivity contribution in [3.8, 4) is 5.75 Å². The number of carboxylic acid groups (broad SMARTS) is 1. The van der Waals surface area contributed by atoms with Gasteiger partial charge in [-0.05, 0) is 98.2 Å². The maximum atomic E-state index is 13.3. The lowest BCUT2D eigenvalue weighted by molar-refractivity contribution is -0.165. The van der Waals surface area contributed by atoms with Crippen molar-refractivity contribution in [3.05, 3.63) is 70.3 Å². The van der Waals surface area contributed by atoms with Crippen LogP contribution in [0, 0.1) is 11.8 Å². The molecule has 0 radical (unpaired) electrons. The number of aliphatic hydroxyl groups is 2. The predicted molar refractivity (Wildman–Crippen MR) is 165 cm³/mol. The molecular weight excluding hydrogens is 568 g/mol. The van der Waals surface area contributed by atoms with Crippen molar-refractivity contribution < 1.29 is 29.6 Å². The summed E-state index contributed by atoms with van der Waals surface area (Å²) in [7, 11) is 1.62. The van der Waals surface area contributed by atoms with Crippen LogP contribution in [0.25, 0.3) is 0 Å². The van der Waals surface area contributed by atoms with Crippen molar-refractivity contribution in [3.63, 3.8) is 0 Å². The Hall–Kier alpha value is -3.07. The third-order valence-corrected chi connectivity index (χ3v) is 10.7.